The van der Waals surface area contributed by atoms with Crippen LogP contribution in [0.3, 0.4) is 0 Å². The molecule has 1 amide bonds. The molecule has 1 N–H and O–H groups in total. The van der Waals surface area contributed by atoms with Gasteiger partial charge in [0, 0.05) is 51.7 Å². The minimum absolute atomic E-state index is 0.151. The molecule has 0 saturated carbocycles. The van der Waals surface area contributed by atoms with E-state index in [-0.39, 0.29) is 12.5 Å². The van der Waals surface area contributed by atoms with E-state index in [0.717, 1.165) is 48.5 Å². The largest absolute Gasteiger partial charge is 0.492 e. The first-order chi connectivity index (χ1) is 14.9. The van der Waals surface area contributed by atoms with Crippen molar-refractivity contribution in [2.24, 2.45) is 7.05 Å². The van der Waals surface area contributed by atoms with Gasteiger partial charge in [0.05, 0.1) is 0 Å². The van der Waals surface area contributed by atoms with Crippen LogP contribution in [-0.4, -0.2) is 59.4 Å². The summed E-state index contributed by atoms with van der Waals surface area (Å²) in [5.74, 6) is 0.437. The Bertz CT molecular complexity index is 994. The lowest BCUT2D eigenvalue weighted by molar-refractivity contribution is -0.121. The van der Waals surface area contributed by atoms with Gasteiger partial charge in [0.15, 0.2) is 0 Å². The van der Waals surface area contributed by atoms with Gasteiger partial charge in [-0.25, -0.2) is 4.79 Å². The Hall–Kier alpha value is -2.91. The monoisotopic (exact) mass is 430 g/mol. The molecule has 3 rings (SSSR count). The van der Waals surface area contributed by atoms with E-state index in [1.165, 1.54) is 23.9 Å². The molecule has 1 aromatic heterocycles. The molecule has 168 valence electrons. The van der Waals surface area contributed by atoms with Gasteiger partial charge >= 0.3 is 5.69 Å². The Labute approximate surface area is 181 Å². The van der Waals surface area contributed by atoms with Gasteiger partial charge in [0.1, 0.15) is 18.9 Å². The fourth-order valence-electron chi connectivity index (χ4n) is 3.51. The molecule has 9 nitrogen and oxygen atoms in total. The van der Waals surface area contributed by atoms with Crippen molar-refractivity contribution in [3.05, 3.63) is 62.9 Å². The normalized spacial score (nSPS) is 14.5. The quantitative estimate of drug-likeness (QED) is 0.617. The minimum atomic E-state index is -0.524. The van der Waals surface area contributed by atoms with Crippen molar-refractivity contribution in [2.45, 2.75) is 32.0 Å². The lowest BCUT2D eigenvalue weighted by Crippen LogP contribution is -2.40. The zero-order chi connectivity index (χ0) is 22.2. The summed E-state index contributed by atoms with van der Waals surface area (Å²) in [5, 5.41) is 2.79. The summed E-state index contributed by atoms with van der Waals surface area (Å²) in [4.78, 5) is 38.0. The van der Waals surface area contributed by atoms with Gasteiger partial charge in [-0.05, 0) is 37.6 Å². The number of carbonyl (C=O) groups excluding carboxylic acids is 1. The summed E-state index contributed by atoms with van der Waals surface area (Å²) >= 11 is 0. The van der Waals surface area contributed by atoms with Crippen molar-refractivity contribution in [1.82, 2.24) is 19.4 Å². The van der Waals surface area contributed by atoms with Crippen molar-refractivity contribution < 1.29 is 14.3 Å². The summed E-state index contributed by atoms with van der Waals surface area (Å²) in [5.41, 5.74) is -0.0300. The molecule has 1 aromatic carbocycles. The first-order valence-electron chi connectivity index (χ1n) is 10.5. The van der Waals surface area contributed by atoms with Gasteiger partial charge in [0.2, 0.25) is 5.91 Å². The number of amides is 1. The summed E-state index contributed by atoms with van der Waals surface area (Å²) in [7, 11) is 3.49. The maximum atomic E-state index is 12.2. The Morgan fingerprint density at radius 1 is 1.26 bits per heavy atom. The maximum Gasteiger partial charge on any atom is 0.331 e. The number of ether oxygens (including phenoxy) is 2. The van der Waals surface area contributed by atoms with Gasteiger partial charge in [-0.15, -0.1) is 0 Å². The summed E-state index contributed by atoms with van der Waals surface area (Å²) < 4.78 is 13.5. The Kier molecular flexibility index (Phi) is 8.02. The highest BCUT2D eigenvalue weighted by molar-refractivity contribution is 5.75. The first kappa shape index (κ1) is 22.8. The number of carbonyl (C=O) groups is 1. The third-order valence-corrected chi connectivity index (χ3v) is 5.49. The predicted octanol–water partition coefficient (Wildman–Crippen LogP) is 0.353. The van der Waals surface area contributed by atoms with E-state index in [0.29, 0.717) is 19.2 Å². The molecule has 9 heteroatoms. The van der Waals surface area contributed by atoms with Gasteiger partial charge in [0.25, 0.3) is 5.56 Å². The number of rotatable bonds is 9. The number of aromatic nitrogens is 2. The van der Waals surface area contributed by atoms with E-state index < -0.39 is 11.2 Å². The van der Waals surface area contributed by atoms with Gasteiger partial charge in [-0.3, -0.25) is 23.6 Å². The smallest absolute Gasteiger partial charge is 0.331 e. The van der Waals surface area contributed by atoms with E-state index in [2.05, 4.69) is 17.3 Å². The van der Waals surface area contributed by atoms with E-state index in [1.54, 1.807) is 0 Å². The standard InChI is InChI=1S/C22H30N4O5/c1-24(18-7-11-30-12-8-18)10-13-31-19-5-3-4-17(14-19)15-23-20(27)16-26-9-6-21(28)25(2)22(26)29/h3-6,9,14,18H,7-8,10-13,15-16H2,1-2H3,(H,23,27). The van der Waals surface area contributed by atoms with Gasteiger partial charge in [-0.2, -0.15) is 0 Å². The Morgan fingerprint density at radius 2 is 2.03 bits per heavy atom. The molecule has 0 atom stereocenters. The van der Waals surface area contributed by atoms with Crippen molar-refractivity contribution in [1.29, 1.82) is 0 Å². The molecule has 2 aromatic rings. The van der Waals surface area contributed by atoms with Gasteiger partial charge < -0.3 is 14.8 Å². The van der Waals surface area contributed by atoms with Crippen molar-refractivity contribution in [2.75, 3.05) is 33.4 Å². The van der Waals surface area contributed by atoms with E-state index in [1.807, 2.05) is 24.3 Å². The summed E-state index contributed by atoms with van der Waals surface area (Å²) in [6.07, 6.45) is 3.43. The molecule has 0 unspecified atom stereocenters. The second kappa shape index (κ2) is 10.9. The van der Waals surface area contributed by atoms with E-state index in [9.17, 15) is 14.4 Å². The minimum Gasteiger partial charge on any atom is -0.492 e. The second-order valence-corrected chi connectivity index (χ2v) is 7.72. The second-order valence-electron chi connectivity index (χ2n) is 7.72. The molecular formula is C22H30N4O5. The highest BCUT2D eigenvalue weighted by Crippen LogP contribution is 2.15. The number of nitrogens with zero attached hydrogens (tertiary/aromatic N) is 3. The van der Waals surface area contributed by atoms with Crippen LogP contribution in [0.15, 0.2) is 46.1 Å². The molecule has 0 aliphatic carbocycles. The third-order valence-electron chi connectivity index (χ3n) is 5.49. The summed E-state index contributed by atoms with van der Waals surface area (Å²) in [6, 6.07) is 9.38. The molecule has 2 heterocycles. The fraction of sp³-hybridized carbons (Fsp3) is 0.500. The Morgan fingerprint density at radius 3 is 2.81 bits per heavy atom. The number of nitrogens with one attached hydrogen (secondary N) is 1. The van der Waals surface area contributed by atoms with Crippen LogP contribution in [-0.2, 0) is 29.7 Å². The maximum absolute atomic E-state index is 12.2. The third kappa shape index (κ3) is 6.53. The lowest BCUT2D eigenvalue weighted by atomic mass is 10.1. The predicted molar refractivity (Wildman–Crippen MR) is 116 cm³/mol. The van der Waals surface area contributed by atoms with Crippen LogP contribution in [0.5, 0.6) is 5.75 Å². The molecule has 1 aliphatic heterocycles. The Balaban J connectivity index is 1.45. The first-order valence-corrected chi connectivity index (χ1v) is 10.5. The van der Waals surface area contributed by atoms with Crippen LogP contribution in [0.2, 0.25) is 0 Å². The molecule has 1 saturated heterocycles. The zero-order valence-electron chi connectivity index (χ0n) is 18.1. The van der Waals surface area contributed by atoms with Crippen molar-refractivity contribution >= 4 is 5.91 Å². The number of likely N-dealkylation sites (N-methyl/N-ethyl adjacent to an activating group) is 1. The molecular weight excluding hydrogens is 400 g/mol. The zero-order valence-corrected chi connectivity index (χ0v) is 18.1. The summed E-state index contributed by atoms with van der Waals surface area (Å²) in [6.45, 7) is 3.22. The molecule has 1 fully saturated rings. The van der Waals surface area contributed by atoms with E-state index >= 15 is 0 Å². The number of hydrogen-bond acceptors (Lipinski definition) is 6. The van der Waals surface area contributed by atoms with Crippen molar-refractivity contribution in [3.8, 4) is 5.75 Å². The molecule has 31 heavy (non-hydrogen) atoms. The average Bonchev–Trinajstić information content (AvgIpc) is 2.79. The van der Waals surface area contributed by atoms with Gasteiger partial charge in [-0.1, -0.05) is 12.1 Å². The fourth-order valence-corrected chi connectivity index (χ4v) is 3.51. The molecule has 0 spiro atoms. The number of benzene rings is 1. The van der Waals surface area contributed by atoms with Crippen LogP contribution in [0.1, 0.15) is 18.4 Å². The van der Waals surface area contributed by atoms with Crippen LogP contribution in [0.25, 0.3) is 0 Å². The molecule has 0 bridgehead atoms. The van der Waals surface area contributed by atoms with Crippen LogP contribution in [0, 0.1) is 0 Å². The van der Waals surface area contributed by atoms with Crippen LogP contribution < -0.4 is 21.3 Å². The van der Waals surface area contributed by atoms with E-state index in [4.69, 9.17) is 9.47 Å². The lowest BCUT2D eigenvalue weighted by Gasteiger charge is -2.31. The topological polar surface area (TPSA) is 94.8 Å². The van der Waals surface area contributed by atoms with Crippen molar-refractivity contribution in [3.63, 3.8) is 0 Å². The highest BCUT2D eigenvalue weighted by atomic mass is 16.5. The molecule has 0 radical (unpaired) electrons. The molecule has 1 aliphatic rings. The SMILES string of the molecule is CN(CCOc1cccc(CNC(=O)Cn2ccc(=O)n(C)c2=O)c1)C1CCOCC1. The van der Waals surface area contributed by atoms with Crippen LogP contribution >= 0.6 is 0 Å². The van der Waals surface area contributed by atoms with Crippen LogP contribution in [0.4, 0.5) is 0 Å². The average molecular weight is 431 g/mol. The highest BCUT2D eigenvalue weighted by Gasteiger charge is 2.18. The number of hydrogen-bond donors (Lipinski definition) is 1.